The van der Waals surface area contributed by atoms with Crippen molar-refractivity contribution in [1.29, 1.82) is 0 Å². The maximum Gasteiger partial charge on any atom is 0.251 e. The molecule has 0 saturated heterocycles. The first-order valence-corrected chi connectivity index (χ1v) is 8.28. The van der Waals surface area contributed by atoms with Gasteiger partial charge in [0.2, 0.25) is 5.91 Å². The Morgan fingerprint density at radius 1 is 1.24 bits per heavy atom. The van der Waals surface area contributed by atoms with Gasteiger partial charge in [0.05, 0.1) is 6.54 Å². The number of benzene rings is 1. The van der Waals surface area contributed by atoms with Gasteiger partial charge in [-0.15, -0.1) is 5.10 Å². The van der Waals surface area contributed by atoms with Crippen LogP contribution in [0.5, 0.6) is 0 Å². The van der Waals surface area contributed by atoms with Crippen LogP contribution in [-0.4, -0.2) is 38.6 Å². The van der Waals surface area contributed by atoms with Crippen LogP contribution in [-0.2, 0) is 11.3 Å². The summed E-state index contributed by atoms with van der Waals surface area (Å²) in [6, 6.07) is 5.28. The third-order valence-electron chi connectivity index (χ3n) is 3.71. The van der Waals surface area contributed by atoms with Gasteiger partial charge in [-0.3, -0.25) is 9.59 Å². The highest BCUT2D eigenvalue weighted by Crippen LogP contribution is 2.17. The summed E-state index contributed by atoms with van der Waals surface area (Å²) in [6.45, 7) is 8.75. The summed E-state index contributed by atoms with van der Waals surface area (Å²) < 4.78 is 1.57. The number of aromatic nitrogens is 4. The molecule has 0 fully saturated rings. The second kappa shape index (κ2) is 8.36. The van der Waals surface area contributed by atoms with Gasteiger partial charge in [0, 0.05) is 24.2 Å². The maximum absolute atomic E-state index is 12.2. The molecule has 2 amide bonds. The molecule has 25 heavy (non-hydrogen) atoms. The number of amides is 2. The Hall–Kier alpha value is -2.77. The Kier molecular flexibility index (Phi) is 6.21. The van der Waals surface area contributed by atoms with E-state index in [9.17, 15) is 9.59 Å². The van der Waals surface area contributed by atoms with Gasteiger partial charge in [0.1, 0.15) is 5.82 Å². The van der Waals surface area contributed by atoms with Gasteiger partial charge in [-0.25, -0.2) is 4.68 Å². The molecule has 8 heteroatoms. The fourth-order valence-corrected chi connectivity index (χ4v) is 2.17. The first-order chi connectivity index (χ1) is 11.9. The summed E-state index contributed by atoms with van der Waals surface area (Å²) in [5.74, 6) is 0.738. The lowest BCUT2D eigenvalue weighted by Crippen LogP contribution is -2.27. The molecule has 8 nitrogen and oxygen atoms in total. The van der Waals surface area contributed by atoms with Crippen molar-refractivity contribution in [2.45, 2.75) is 40.7 Å². The summed E-state index contributed by atoms with van der Waals surface area (Å²) in [7, 11) is 0. The Bertz CT molecular complexity index is 753. The molecule has 2 aromatic rings. The van der Waals surface area contributed by atoms with Crippen molar-refractivity contribution < 1.29 is 9.59 Å². The second-order valence-electron chi connectivity index (χ2n) is 6.38. The molecule has 0 spiro atoms. The number of tetrazole rings is 1. The Morgan fingerprint density at radius 3 is 2.64 bits per heavy atom. The molecule has 0 aliphatic carbocycles. The van der Waals surface area contributed by atoms with E-state index in [1.54, 1.807) is 23.7 Å². The standard InChI is InChI=1S/C17H24N6O2/c1-11(2)10-18-17(25)14-6-5-12(3)15(9-14)19-16(24)7-8-23-13(4)20-21-22-23/h5-6,9,11H,7-8,10H2,1-4H3,(H,18,25)(H,19,24). The number of nitrogens with zero attached hydrogens (tertiary/aromatic N) is 4. The van der Waals surface area contributed by atoms with Crippen LogP contribution in [0.15, 0.2) is 18.2 Å². The van der Waals surface area contributed by atoms with E-state index < -0.39 is 0 Å². The van der Waals surface area contributed by atoms with Gasteiger partial charge in [0.25, 0.3) is 5.91 Å². The number of hydrogen-bond donors (Lipinski definition) is 2. The third kappa shape index (κ3) is 5.37. The first kappa shape index (κ1) is 18.6. The highest BCUT2D eigenvalue weighted by Gasteiger charge is 2.11. The zero-order chi connectivity index (χ0) is 18.4. The number of carbonyl (C=O) groups excluding carboxylic acids is 2. The van der Waals surface area contributed by atoms with E-state index in [1.165, 1.54) is 0 Å². The molecular formula is C17H24N6O2. The predicted octanol–water partition coefficient (Wildman–Crippen LogP) is 1.70. The van der Waals surface area contributed by atoms with Crippen molar-refractivity contribution in [2.24, 2.45) is 5.92 Å². The van der Waals surface area contributed by atoms with Crippen molar-refractivity contribution in [3.63, 3.8) is 0 Å². The van der Waals surface area contributed by atoms with Crippen LogP contribution in [0.3, 0.4) is 0 Å². The van der Waals surface area contributed by atoms with Crippen molar-refractivity contribution in [1.82, 2.24) is 25.5 Å². The van der Waals surface area contributed by atoms with Gasteiger partial charge in [0.15, 0.2) is 0 Å². The molecule has 0 saturated carbocycles. The summed E-state index contributed by atoms with van der Waals surface area (Å²) in [5, 5.41) is 16.9. The van der Waals surface area contributed by atoms with Gasteiger partial charge in [-0.05, 0) is 47.9 Å². The fourth-order valence-electron chi connectivity index (χ4n) is 2.17. The highest BCUT2D eigenvalue weighted by molar-refractivity contribution is 5.97. The van der Waals surface area contributed by atoms with Crippen LogP contribution < -0.4 is 10.6 Å². The molecule has 0 bridgehead atoms. The van der Waals surface area contributed by atoms with Crippen LogP contribution in [0.1, 0.15) is 42.0 Å². The van der Waals surface area contributed by atoms with Crippen molar-refractivity contribution in [2.75, 3.05) is 11.9 Å². The number of aryl methyl sites for hydroxylation is 3. The van der Waals surface area contributed by atoms with Crippen molar-refractivity contribution >= 4 is 17.5 Å². The molecule has 2 rings (SSSR count). The first-order valence-electron chi connectivity index (χ1n) is 8.28. The van der Waals surface area contributed by atoms with Crippen molar-refractivity contribution in [3.8, 4) is 0 Å². The molecule has 1 heterocycles. The maximum atomic E-state index is 12.2. The van der Waals surface area contributed by atoms with Crippen LogP contribution in [0, 0.1) is 19.8 Å². The molecule has 0 aliphatic heterocycles. The second-order valence-corrected chi connectivity index (χ2v) is 6.38. The normalized spacial score (nSPS) is 10.8. The van der Waals surface area contributed by atoms with E-state index in [1.807, 2.05) is 26.8 Å². The number of carbonyl (C=O) groups is 2. The summed E-state index contributed by atoms with van der Waals surface area (Å²) >= 11 is 0. The van der Waals surface area contributed by atoms with E-state index in [-0.39, 0.29) is 18.2 Å². The molecule has 2 N–H and O–H groups in total. The lowest BCUT2D eigenvalue weighted by Gasteiger charge is -2.12. The summed E-state index contributed by atoms with van der Waals surface area (Å²) in [4.78, 5) is 24.3. The van der Waals surface area contributed by atoms with E-state index in [0.717, 1.165) is 5.56 Å². The van der Waals surface area contributed by atoms with E-state index in [2.05, 4.69) is 26.2 Å². The number of rotatable bonds is 7. The van der Waals surface area contributed by atoms with Gasteiger partial charge in [-0.2, -0.15) is 0 Å². The minimum Gasteiger partial charge on any atom is -0.352 e. The lowest BCUT2D eigenvalue weighted by atomic mass is 10.1. The van der Waals surface area contributed by atoms with Gasteiger partial charge < -0.3 is 10.6 Å². The van der Waals surface area contributed by atoms with E-state index in [0.29, 0.717) is 36.1 Å². The van der Waals surface area contributed by atoms with Crippen LogP contribution in [0.25, 0.3) is 0 Å². The molecule has 0 radical (unpaired) electrons. The van der Waals surface area contributed by atoms with Crippen LogP contribution >= 0.6 is 0 Å². The molecular weight excluding hydrogens is 320 g/mol. The molecule has 0 aliphatic rings. The molecule has 134 valence electrons. The summed E-state index contributed by atoms with van der Waals surface area (Å²) in [6.07, 6.45) is 0.245. The predicted molar refractivity (Wildman–Crippen MR) is 94.2 cm³/mol. The number of anilines is 1. The Morgan fingerprint density at radius 2 is 2.00 bits per heavy atom. The zero-order valence-electron chi connectivity index (χ0n) is 15.0. The smallest absolute Gasteiger partial charge is 0.251 e. The highest BCUT2D eigenvalue weighted by atomic mass is 16.2. The van der Waals surface area contributed by atoms with Crippen LogP contribution in [0.4, 0.5) is 5.69 Å². The van der Waals surface area contributed by atoms with E-state index >= 15 is 0 Å². The third-order valence-corrected chi connectivity index (χ3v) is 3.71. The SMILES string of the molecule is Cc1ccc(C(=O)NCC(C)C)cc1NC(=O)CCn1nnnc1C. The number of nitrogens with one attached hydrogen (secondary N) is 2. The summed E-state index contributed by atoms with van der Waals surface area (Å²) in [5.41, 5.74) is 2.06. The quantitative estimate of drug-likeness (QED) is 0.796. The lowest BCUT2D eigenvalue weighted by molar-refractivity contribution is -0.116. The van der Waals surface area contributed by atoms with Gasteiger partial charge >= 0.3 is 0 Å². The molecule has 0 atom stereocenters. The van der Waals surface area contributed by atoms with Gasteiger partial charge in [-0.1, -0.05) is 19.9 Å². The fraction of sp³-hybridized carbons (Fsp3) is 0.471. The van der Waals surface area contributed by atoms with Crippen molar-refractivity contribution in [3.05, 3.63) is 35.2 Å². The molecule has 1 aromatic heterocycles. The molecule has 1 aromatic carbocycles. The Balaban J connectivity index is 1.98. The average Bonchev–Trinajstić information content (AvgIpc) is 2.97. The van der Waals surface area contributed by atoms with E-state index in [4.69, 9.17) is 0 Å². The largest absolute Gasteiger partial charge is 0.352 e. The number of hydrogen-bond acceptors (Lipinski definition) is 5. The minimum atomic E-state index is -0.155. The monoisotopic (exact) mass is 344 g/mol. The zero-order valence-corrected chi connectivity index (χ0v) is 15.0. The Labute approximate surface area is 147 Å². The molecule has 0 unspecified atom stereocenters. The minimum absolute atomic E-state index is 0.145. The van der Waals surface area contributed by atoms with Crippen LogP contribution in [0.2, 0.25) is 0 Å². The topological polar surface area (TPSA) is 102 Å². The average molecular weight is 344 g/mol.